The van der Waals surface area contributed by atoms with Gasteiger partial charge in [-0.05, 0) is 31.8 Å². The fraction of sp³-hybridized carbons (Fsp3) is 0.727. The number of rotatable bonds is 4. The fourth-order valence-electron chi connectivity index (χ4n) is 1.90. The van der Waals surface area contributed by atoms with Crippen LogP contribution in [0.1, 0.15) is 19.8 Å². The Morgan fingerprint density at radius 2 is 2.33 bits per heavy atom. The normalized spacial score (nSPS) is 19.3. The SMILES string of the molecule is CC1CCN(CCOc2cn[nH]c2)CC1. The molecule has 4 nitrogen and oxygen atoms in total. The molecule has 84 valence electrons. The predicted molar refractivity (Wildman–Crippen MR) is 58.9 cm³/mol. The molecule has 4 heteroatoms. The molecule has 0 spiro atoms. The Hall–Kier alpha value is -1.03. The lowest BCUT2D eigenvalue weighted by atomic mass is 9.99. The minimum atomic E-state index is 0.758. The van der Waals surface area contributed by atoms with Crippen molar-refractivity contribution in [3.63, 3.8) is 0 Å². The van der Waals surface area contributed by atoms with Gasteiger partial charge in [0.05, 0.1) is 12.4 Å². The molecule has 1 aromatic heterocycles. The van der Waals surface area contributed by atoms with Gasteiger partial charge in [-0.2, -0.15) is 5.10 Å². The number of ether oxygens (including phenoxy) is 1. The highest BCUT2D eigenvalue weighted by Crippen LogP contribution is 2.15. The number of H-pyrrole nitrogens is 1. The van der Waals surface area contributed by atoms with Crippen LogP contribution in [0.5, 0.6) is 5.75 Å². The first kappa shape index (κ1) is 10.5. The van der Waals surface area contributed by atoms with Crippen molar-refractivity contribution in [3.8, 4) is 5.75 Å². The Kier molecular flexibility index (Phi) is 3.61. The van der Waals surface area contributed by atoms with Crippen LogP contribution in [0.4, 0.5) is 0 Å². The zero-order chi connectivity index (χ0) is 10.5. The van der Waals surface area contributed by atoms with Crippen molar-refractivity contribution in [2.45, 2.75) is 19.8 Å². The Morgan fingerprint density at radius 1 is 1.53 bits per heavy atom. The number of hydrogen-bond acceptors (Lipinski definition) is 3. The van der Waals surface area contributed by atoms with E-state index in [1.165, 1.54) is 25.9 Å². The summed E-state index contributed by atoms with van der Waals surface area (Å²) in [5.41, 5.74) is 0. The van der Waals surface area contributed by atoms with Crippen LogP contribution < -0.4 is 4.74 Å². The Bertz CT molecular complexity index is 265. The molecule has 15 heavy (non-hydrogen) atoms. The quantitative estimate of drug-likeness (QED) is 0.817. The van der Waals surface area contributed by atoms with Gasteiger partial charge in [-0.15, -0.1) is 0 Å². The molecular formula is C11H19N3O. The van der Waals surface area contributed by atoms with Crippen LogP contribution in [0, 0.1) is 5.92 Å². The van der Waals surface area contributed by atoms with Crippen molar-refractivity contribution in [2.75, 3.05) is 26.2 Å². The first-order valence-corrected chi connectivity index (χ1v) is 5.68. The second-order valence-electron chi connectivity index (χ2n) is 4.31. The molecule has 2 heterocycles. The first-order chi connectivity index (χ1) is 7.34. The van der Waals surface area contributed by atoms with Gasteiger partial charge in [-0.1, -0.05) is 6.92 Å². The zero-order valence-electron chi connectivity index (χ0n) is 9.28. The number of aromatic amines is 1. The summed E-state index contributed by atoms with van der Waals surface area (Å²) in [5.74, 6) is 1.73. The molecule has 0 aliphatic carbocycles. The second-order valence-corrected chi connectivity index (χ2v) is 4.31. The third kappa shape index (κ3) is 3.23. The van der Waals surface area contributed by atoms with Crippen LogP contribution in [-0.4, -0.2) is 41.3 Å². The lowest BCUT2D eigenvalue weighted by Gasteiger charge is -2.29. The fourth-order valence-corrected chi connectivity index (χ4v) is 1.90. The summed E-state index contributed by atoms with van der Waals surface area (Å²) < 4.78 is 5.54. The molecule has 1 N–H and O–H groups in total. The van der Waals surface area contributed by atoms with Crippen LogP contribution in [0.15, 0.2) is 12.4 Å². The molecule has 1 aromatic rings. The molecule has 0 atom stereocenters. The largest absolute Gasteiger partial charge is 0.489 e. The van der Waals surface area contributed by atoms with Gasteiger partial charge in [0.2, 0.25) is 0 Å². The van der Waals surface area contributed by atoms with Gasteiger partial charge in [-0.3, -0.25) is 10.00 Å². The molecule has 0 aromatic carbocycles. The highest BCUT2D eigenvalue weighted by molar-refractivity contribution is 5.09. The molecule has 1 aliphatic rings. The van der Waals surface area contributed by atoms with E-state index in [-0.39, 0.29) is 0 Å². The van der Waals surface area contributed by atoms with E-state index < -0.39 is 0 Å². The van der Waals surface area contributed by atoms with Gasteiger partial charge in [0.15, 0.2) is 5.75 Å². The van der Waals surface area contributed by atoms with E-state index in [2.05, 4.69) is 22.0 Å². The smallest absolute Gasteiger partial charge is 0.156 e. The van der Waals surface area contributed by atoms with Crippen LogP contribution in [0.2, 0.25) is 0 Å². The molecule has 1 aliphatic heterocycles. The highest BCUT2D eigenvalue weighted by atomic mass is 16.5. The minimum absolute atomic E-state index is 0.758. The van der Waals surface area contributed by atoms with Crippen LogP contribution in [0.25, 0.3) is 0 Å². The van der Waals surface area contributed by atoms with Gasteiger partial charge in [0, 0.05) is 6.54 Å². The van der Waals surface area contributed by atoms with E-state index in [4.69, 9.17) is 4.74 Å². The van der Waals surface area contributed by atoms with Gasteiger partial charge in [0.25, 0.3) is 0 Å². The van der Waals surface area contributed by atoms with Crippen LogP contribution >= 0.6 is 0 Å². The molecule has 0 unspecified atom stereocenters. The average Bonchev–Trinajstić information content (AvgIpc) is 2.74. The summed E-state index contributed by atoms with van der Waals surface area (Å²) in [5, 5.41) is 6.57. The number of nitrogens with one attached hydrogen (secondary N) is 1. The maximum absolute atomic E-state index is 5.54. The van der Waals surface area contributed by atoms with Gasteiger partial charge < -0.3 is 4.74 Å². The maximum Gasteiger partial charge on any atom is 0.156 e. The molecule has 0 bridgehead atoms. The van der Waals surface area contributed by atoms with Crippen molar-refractivity contribution in [2.24, 2.45) is 5.92 Å². The van der Waals surface area contributed by atoms with E-state index >= 15 is 0 Å². The molecule has 0 amide bonds. The zero-order valence-corrected chi connectivity index (χ0v) is 9.28. The van der Waals surface area contributed by atoms with Gasteiger partial charge >= 0.3 is 0 Å². The lowest BCUT2D eigenvalue weighted by Crippen LogP contribution is -2.35. The third-order valence-corrected chi connectivity index (χ3v) is 3.03. The summed E-state index contributed by atoms with van der Waals surface area (Å²) in [6.07, 6.45) is 6.13. The molecule has 2 rings (SSSR count). The lowest BCUT2D eigenvalue weighted by molar-refractivity contribution is 0.160. The number of piperidine rings is 1. The molecule has 1 saturated heterocycles. The maximum atomic E-state index is 5.54. The number of aromatic nitrogens is 2. The predicted octanol–water partition coefficient (Wildman–Crippen LogP) is 1.52. The summed E-state index contributed by atoms with van der Waals surface area (Å²) >= 11 is 0. The monoisotopic (exact) mass is 209 g/mol. The van der Waals surface area contributed by atoms with Gasteiger partial charge in [-0.25, -0.2) is 0 Å². The Labute approximate surface area is 90.6 Å². The summed E-state index contributed by atoms with van der Waals surface area (Å²) in [4.78, 5) is 2.47. The molecule has 0 radical (unpaired) electrons. The Balaban J connectivity index is 1.62. The molecular weight excluding hydrogens is 190 g/mol. The number of nitrogens with zero attached hydrogens (tertiary/aromatic N) is 2. The standard InChI is InChI=1S/C11H19N3O/c1-10-2-4-14(5-3-10)6-7-15-11-8-12-13-9-11/h8-10H,2-7H2,1H3,(H,12,13). The van der Waals surface area contributed by atoms with E-state index in [1.807, 2.05) is 0 Å². The third-order valence-electron chi connectivity index (χ3n) is 3.03. The number of likely N-dealkylation sites (tertiary alicyclic amines) is 1. The van der Waals surface area contributed by atoms with Crippen molar-refractivity contribution in [3.05, 3.63) is 12.4 Å². The van der Waals surface area contributed by atoms with E-state index in [9.17, 15) is 0 Å². The molecule has 0 saturated carbocycles. The van der Waals surface area contributed by atoms with E-state index in [1.54, 1.807) is 12.4 Å². The number of hydrogen-bond donors (Lipinski definition) is 1. The van der Waals surface area contributed by atoms with Crippen LogP contribution in [-0.2, 0) is 0 Å². The summed E-state index contributed by atoms with van der Waals surface area (Å²) in [6.45, 7) is 6.55. The average molecular weight is 209 g/mol. The van der Waals surface area contributed by atoms with Crippen molar-refractivity contribution in [1.82, 2.24) is 15.1 Å². The first-order valence-electron chi connectivity index (χ1n) is 5.68. The Morgan fingerprint density at radius 3 is 3.00 bits per heavy atom. The minimum Gasteiger partial charge on any atom is -0.489 e. The highest BCUT2D eigenvalue weighted by Gasteiger charge is 2.14. The molecule has 1 fully saturated rings. The van der Waals surface area contributed by atoms with E-state index in [0.29, 0.717) is 0 Å². The van der Waals surface area contributed by atoms with Crippen molar-refractivity contribution < 1.29 is 4.74 Å². The second kappa shape index (κ2) is 5.16. The van der Waals surface area contributed by atoms with Crippen LogP contribution in [0.3, 0.4) is 0 Å². The van der Waals surface area contributed by atoms with Crippen molar-refractivity contribution >= 4 is 0 Å². The summed E-state index contributed by atoms with van der Waals surface area (Å²) in [6, 6.07) is 0. The van der Waals surface area contributed by atoms with Gasteiger partial charge in [0.1, 0.15) is 6.61 Å². The topological polar surface area (TPSA) is 41.1 Å². The van der Waals surface area contributed by atoms with Crippen molar-refractivity contribution in [1.29, 1.82) is 0 Å². The van der Waals surface area contributed by atoms with E-state index in [0.717, 1.165) is 24.8 Å². The summed E-state index contributed by atoms with van der Waals surface area (Å²) in [7, 11) is 0.